The number of carbonyl (C=O) groups excluding carboxylic acids is 2. The predicted molar refractivity (Wildman–Crippen MR) is 93.2 cm³/mol. The molecule has 1 aromatic carbocycles. The molecule has 0 aliphatic carbocycles. The number of hydrogen-bond donors (Lipinski definition) is 1. The lowest BCUT2D eigenvalue weighted by Gasteiger charge is -2.22. The first kappa shape index (κ1) is 18.9. The molecule has 0 saturated carbocycles. The van der Waals surface area contributed by atoms with Gasteiger partial charge in [-0.05, 0) is 26.8 Å². The highest BCUT2D eigenvalue weighted by Gasteiger charge is 2.27. The van der Waals surface area contributed by atoms with Gasteiger partial charge in [0, 0.05) is 11.8 Å². The van der Waals surface area contributed by atoms with Crippen molar-refractivity contribution in [2.24, 2.45) is 0 Å². The number of hydrogen-bond acceptors (Lipinski definition) is 6. The lowest BCUT2D eigenvalue weighted by Crippen LogP contribution is -2.45. The number of esters is 1. The Morgan fingerprint density at radius 1 is 1.24 bits per heavy atom. The smallest absolute Gasteiger partial charge is 0.408 e. The van der Waals surface area contributed by atoms with Gasteiger partial charge in [-0.1, -0.05) is 29.8 Å². The molecule has 1 atom stereocenters. The second-order valence-corrected chi connectivity index (χ2v) is 6.53. The molecule has 7 nitrogen and oxygen atoms in total. The third kappa shape index (κ3) is 5.56. The van der Waals surface area contributed by atoms with Crippen LogP contribution in [0.2, 0.25) is 0 Å². The van der Waals surface area contributed by atoms with Gasteiger partial charge in [0.25, 0.3) is 0 Å². The number of alkyl halides is 1. The average molecular weight is 366 g/mol. The Morgan fingerprint density at radius 3 is 2.64 bits per heavy atom. The van der Waals surface area contributed by atoms with Gasteiger partial charge in [-0.2, -0.15) is 0 Å². The molecule has 1 N–H and O–H groups in total. The van der Waals surface area contributed by atoms with Gasteiger partial charge in [0.1, 0.15) is 18.0 Å². The van der Waals surface area contributed by atoms with Crippen LogP contribution in [0.4, 0.5) is 4.79 Å². The summed E-state index contributed by atoms with van der Waals surface area (Å²) in [5.41, 5.74) is 0.666. The number of benzene rings is 1. The summed E-state index contributed by atoms with van der Waals surface area (Å²) in [5, 5.41) is 3.31. The third-order valence-electron chi connectivity index (χ3n) is 3.20. The Bertz CT molecular complexity index is 756. The fourth-order valence-electron chi connectivity index (χ4n) is 2.21. The topological polar surface area (TPSA) is 90.4 Å². The van der Waals surface area contributed by atoms with Crippen molar-refractivity contribution in [3.63, 3.8) is 0 Å². The number of fused-ring (bicyclic) bond motifs is 1. The van der Waals surface area contributed by atoms with E-state index >= 15 is 0 Å². The zero-order chi connectivity index (χ0) is 18.4. The van der Waals surface area contributed by atoms with Crippen molar-refractivity contribution >= 4 is 34.6 Å². The first-order chi connectivity index (χ1) is 11.8. The molecule has 0 radical (unpaired) electrons. The number of alkyl carbamates (subject to hydrolysis) is 1. The molecular formula is C17H20ClN3O4. The Balaban J connectivity index is 2.23. The Morgan fingerprint density at radius 2 is 1.96 bits per heavy atom. The van der Waals surface area contributed by atoms with Crippen LogP contribution in [0.1, 0.15) is 26.5 Å². The van der Waals surface area contributed by atoms with Crippen molar-refractivity contribution in [2.45, 2.75) is 38.8 Å². The van der Waals surface area contributed by atoms with E-state index in [0.717, 1.165) is 10.9 Å². The Hall–Kier alpha value is -2.41. The minimum atomic E-state index is -0.980. The standard InChI is InChI=1S/C17H20ClN3O4/c1-17(2,3)25-16(23)21-14(15(22)24-9-18)8-13-11-6-4-5-7-12(11)19-10-20-13/h4-7,10,14H,8-9H2,1-3H3,(H,21,23)/t14-/m0/s1. The summed E-state index contributed by atoms with van der Waals surface area (Å²) >= 11 is 5.47. The molecule has 1 amide bonds. The van der Waals surface area contributed by atoms with Crippen LogP contribution in [0.25, 0.3) is 10.9 Å². The average Bonchev–Trinajstić information content (AvgIpc) is 2.53. The summed E-state index contributed by atoms with van der Waals surface area (Å²) in [6.07, 6.45) is 0.815. The molecule has 2 aromatic rings. The van der Waals surface area contributed by atoms with Gasteiger partial charge in [0.05, 0.1) is 11.2 Å². The highest BCUT2D eigenvalue weighted by atomic mass is 35.5. The Labute approximate surface area is 150 Å². The largest absolute Gasteiger partial charge is 0.448 e. The number of para-hydroxylation sites is 1. The molecule has 2 rings (SSSR count). The van der Waals surface area contributed by atoms with Gasteiger partial charge in [-0.15, -0.1) is 0 Å². The fraction of sp³-hybridized carbons (Fsp3) is 0.412. The van der Waals surface area contributed by atoms with Crippen LogP contribution in [-0.2, 0) is 20.7 Å². The van der Waals surface area contributed by atoms with E-state index in [1.54, 1.807) is 20.8 Å². The van der Waals surface area contributed by atoms with Gasteiger partial charge in [0.2, 0.25) is 0 Å². The highest BCUT2D eigenvalue weighted by molar-refractivity contribution is 6.17. The molecule has 0 saturated heterocycles. The van der Waals surface area contributed by atoms with Crippen molar-refractivity contribution in [1.29, 1.82) is 0 Å². The minimum absolute atomic E-state index is 0.123. The van der Waals surface area contributed by atoms with E-state index in [-0.39, 0.29) is 12.5 Å². The van der Waals surface area contributed by atoms with E-state index in [1.165, 1.54) is 6.33 Å². The first-order valence-corrected chi connectivity index (χ1v) is 8.24. The van der Waals surface area contributed by atoms with Gasteiger partial charge < -0.3 is 14.8 Å². The molecular weight excluding hydrogens is 346 g/mol. The summed E-state index contributed by atoms with van der Waals surface area (Å²) in [6, 6.07) is 6.11. The summed E-state index contributed by atoms with van der Waals surface area (Å²) < 4.78 is 10.0. The number of halogens is 1. The predicted octanol–water partition coefficient (Wildman–Crippen LogP) is 2.81. The van der Waals surface area contributed by atoms with Gasteiger partial charge in [0.15, 0.2) is 6.07 Å². The van der Waals surface area contributed by atoms with Crippen molar-refractivity contribution < 1.29 is 19.1 Å². The van der Waals surface area contributed by atoms with Gasteiger partial charge in [-0.3, -0.25) is 0 Å². The van der Waals surface area contributed by atoms with Crippen LogP contribution < -0.4 is 5.32 Å². The maximum absolute atomic E-state index is 12.2. The van der Waals surface area contributed by atoms with Crippen LogP contribution in [0.15, 0.2) is 30.6 Å². The number of rotatable bonds is 5. The van der Waals surface area contributed by atoms with Crippen LogP contribution in [-0.4, -0.2) is 39.7 Å². The van der Waals surface area contributed by atoms with Crippen molar-refractivity contribution in [3.8, 4) is 0 Å². The number of nitrogens with one attached hydrogen (secondary N) is 1. The summed E-state index contributed by atoms with van der Waals surface area (Å²) in [4.78, 5) is 32.6. The zero-order valence-electron chi connectivity index (χ0n) is 14.3. The Kier molecular flexibility index (Phi) is 6.14. The van der Waals surface area contributed by atoms with E-state index in [4.69, 9.17) is 21.1 Å². The molecule has 25 heavy (non-hydrogen) atoms. The molecule has 134 valence electrons. The zero-order valence-corrected chi connectivity index (χ0v) is 15.0. The van der Waals surface area contributed by atoms with Crippen LogP contribution in [0.5, 0.6) is 0 Å². The number of carbonyl (C=O) groups is 2. The lowest BCUT2D eigenvalue weighted by molar-refractivity contribution is -0.144. The minimum Gasteiger partial charge on any atom is -0.448 e. The van der Waals surface area contributed by atoms with E-state index in [1.807, 2.05) is 24.3 Å². The normalized spacial score (nSPS) is 12.5. The third-order valence-corrected chi connectivity index (χ3v) is 3.30. The molecule has 8 heteroatoms. The summed E-state index contributed by atoms with van der Waals surface area (Å²) in [6.45, 7) is 5.20. The number of nitrogens with zero attached hydrogens (tertiary/aromatic N) is 2. The number of ether oxygens (including phenoxy) is 2. The molecule has 0 aliphatic heterocycles. The first-order valence-electron chi connectivity index (χ1n) is 7.71. The van der Waals surface area contributed by atoms with Crippen LogP contribution >= 0.6 is 11.6 Å². The van der Waals surface area contributed by atoms with Gasteiger partial charge >= 0.3 is 12.1 Å². The summed E-state index contributed by atoms with van der Waals surface area (Å²) in [5.74, 6) is -0.663. The molecule has 0 spiro atoms. The molecule has 0 unspecified atom stereocenters. The molecule has 1 heterocycles. The maximum Gasteiger partial charge on any atom is 0.408 e. The van der Waals surface area contributed by atoms with Crippen LogP contribution in [0.3, 0.4) is 0 Å². The highest BCUT2D eigenvalue weighted by Crippen LogP contribution is 2.16. The lowest BCUT2D eigenvalue weighted by atomic mass is 10.1. The van der Waals surface area contributed by atoms with E-state index in [9.17, 15) is 9.59 Å². The van der Waals surface area contributed by atoms with Crippen molar-refractivity contribution in [1.82, 2.24) is 15.3 Å². The summed E-state index contributed by atoms with van der Waals surface area (Å²) in [7, 11) is 0. The second-order valence-electron chi connectivity index (χ2n) is 6.31. The molecule has 0 bridgehead atoms. The number of aromatic nitrogens is 2. The van der Waals surface area contributed by atoms with Crippen molar-refractivity contribution in [3.05, 3.63) is 36.3 Å². The van der Waals surface area contributed by atoms with Crippen LogP contribution in [0, 0.1) is 0 Å². The number of amides is 1. The quantitative estimate of drug-likeness (QED) is 0.647. The fourth-order valence-corrected chi connectivity index (χ4v) is 2.32. The SMILES string of the molecule is CC(C)(C)OC(=O)N[C@@H](Cc1ncnc2ccccc12)C(=O)OCCl. The van der Waals surface area contributed by atoms with E-state index in [2.05, 4.69) is 15.3 Å². The monoisotopic (exact) mass is 365 g/mol. The molecule has 0 fully saturated rings. The molecule has 0 aliphatic rings. The maximum atomic E-state index is 12.2. The van der Waals surface area contributed by atoms with E-state index in [0.29, 0.717) is 5.69 Å². The molecule has 1 aromatic heterocycles. The van der Waals surface area contributed by atoms with Crippen molar-refractivity contribution in [2.75, 3.05) is 6.07 Å². The van der Waals surface area contributed by atoms with Gasteiger partial charge in [-0.25, -0.2) is 19.6 Å². The second kappa shape index (κ2) is 8.11. The van der Waals surface area contributed by atoms with E-state index < -0.39 is 23.7 Å².